The maximum absolute atomic E-state index is 14.0. The second-order valence-electron chi connectivity index (χ2n) is 5.20. The molecular weight excluding hydrogens is 319 g/mol. The van der Waals surface area contributed by atoms with Crippen molar-refractivity contribution >= 4 is 29.3 Å². The average molecular weight is 337 g/mol. The first-order valence-corrected chi connectivity index (χ1v) is 7.20. The Morgan fingerprint density at radius 3 is 2.30 bits per heavy atom. The molecule has 6 heteroatoms. The number of rotatable bonds is 3. The molecule has 0 saturated heterocycles. The first kappa shape index (κ1) is 18.8. The summed E-state index contributed by atoms with van der Waals surface area (Å²) in [4.78, 5) is 29.5. The quantitative estimate of drug-likeness (QED) is 0.608. The van der Waals surface area contributed by atoms with Crippen molar-refractivity contribution in [2.24, 2.45) is 4.99 Å². The lowest BCUT2D eigenvalue weighted by Crippen LogP contribution is -2.41. The number of amides is 2. The molecule has 0 aromatic heterocycles. The minimum atomic E-state index is -0.885. The largest absolute Gasteiger partial charge is 0.274 e. The average Bonchev–Trinajstić information content (AvgIpc) is 2.41. The van der Waals surface area contributed by atoms with E-state index in [1.54, 1.807) is 6.92 Å². The first-order valence-electron chi connectivity index (χ1n) is 6.83. The molecule has 0 bridgehead atoms. The molecule has 0 fully saturated rings. The Labute approximate surface area is 140 Å². The van der Waals surface area contributed by atoms with Gasteiger partial charge in [0.1, 0.15) is 11.7 Å². The number of imide groups is 1. The van der Waals surface area contributed by atoms with Gasteiger partial charge in [0.15, 0.2) is 0 Å². The van der Waals surface area contributed by atoms with Gasteiger partial charge in [-0.2, -0.15) is 0 Å². The molecule has 0 aliphatic heterocycles. The van der Waals surface area contributed by atoms with Gasteiger partial charge < -0.3 is 0 Å². The third-order valence-electron chi connectivity index (χ3n) is 2.73. The number of halogens is 2. The fourth-order valence-electron chi connectivity index (χ4n) is 1.75. The first-order chi connectivity index (χ1) is 10.7. The molecule has 4 nitrogen and oxygen atoms in total. The van der Waals surface area contributed by atoms with E-state index < -0.39 is 17.6 Å². The van der Waals surface area contributed by atoms with Gasteiger partial charge in [0, 0.05) is 13.1 Å². The van der Waals surface area contributed by atoms with E-state index in [2.05, 4.69) is 11.6 Å². The Morgan fingerprint density at radius 2 is 1.87 bits per heavy atom. The van der Waals surface area contributed by atoms with Crippen molar-refractivity contribution in [2.45, 2.75) is 27.7 Å². The maximum atomic E-state index is 14.0. The second-order valence-corrected chi connectivity index (χ2v) is 5.60. The van der Waals surface area contributed by atoms with Gasteiger partial charge in [-0.3, -0.25) is 9.59 Å². The lowest BCUT2D eigenvalue weighted by atomic mass is 10.1. The number of benzene rings is 1. The number of hydrogen-bond acceptors (Lipinski definition) is 3. The Kier molecular flexibility index (Phi) is 6.39. The van der Waals surface area contributed by atoms with Crippen LogP contribution in [0.2, 0.25) is 5.02 Å². The van der Waals surface area contributed by atoms with Crippen LogP contribution in [0.25, 0.3) is 0 Å². The molecule has 0 atom stereocenters. The van der Waals surface area contributed by atoms with E-state index in [4.69, 9.17) is 11.6 Å². The summed E-state index contributed by atoms with van der Waals surface area (Å²) < 4.78 is 14.0. The van der Waals surface area contributed by atoms with Crippen LogP contribution in [0, 0.1) is 5.82 Å². The summed E-state index contributed by atoms with van der Waals surface area (Å²) in [5, 5.41) is -0.0791. The van der Waals surface area contributed by atoms with Crippen molar-refractivity contribution in [3.05, 3.63) is 58.5 Å². The smallest absolute Gasteiger partial charge is 0.270 e. The van der Waals surface area contributed by atoms with Gasteiger partial charge >= 0.3 is 0 Å². The van der Waals surface area contributed by atoms with Crippen LogP contribution in [-0.2, 0) is 4.79 Å². The Hall–Kier alpha value is -2.27. The number of aliphatic imine (C=N–C) groups is 1. The number of allylic oxidation sites excluding steroid dienone is 1. The van der Waals surface area contributed by atoms with Gasteiger partial charge in [0.05, 0.1) is 10.6 Å². The summed E-state index contributed by atoms with van der Waals surface area (Å²) in [5.41, 5.74) is 0.873. The van der Waals surface area contributed by atoms with Crippen molar-refractivity contribution in [1.82, 2.24) is 4.90 Å². The molecule has 1 rings (SSSR count). The molecule has 0 radical (unpaired) electrons. The van der Waals surface area contributed by atoms with Crippen LogP contribution < -0.4 is 0 Å². The highest BCUT2D eigenvalue weighted by Gasteiger charge is 2.29. The van der Waals surface area contributed by atoms with Crippen LogP contribution in [0.4, 0.5) is 4.39 Å². The van der Waals surface area contributed by atoms with Crippen LogP contribution in [0.5, 0.6) is 0 Å². The van der Waals surface area contributed by atoms with Crippen LogP contribution in [0.15, 0.2) is 47.1 Å². The van der Waals surface area contributed by atoms with Crippen molar-refractivity contribution in [2.75, 3.05) is 0 Å². The van der Waals surface area contributed by atoms with E-state index >= 15 is 0 Å². The highest BCUT2D eigenvalue weighted by Crippen LogP contribution is 2.22. The monoisotopic (exact) mass is 336 g/mol. The number of nitrogens with zero attached hydrogens (tertiary/aromatic N) is 2. The fraction of sp³-hybridized carbons (Fsp3) is 0.235. The van der Waals surface area contributed by atoms with Crippen LogP contribution in [0.1, 0.15) is 38.1 Å². The lowest BCUT2D eigenvalue weighted by Gasteiger charge is -2.21. The number of carbonyl (C=O) groups is 2. The van der Waals surface area contributed by atoms with Gasteiger partial charge in [0.25, 0.3) is 5.91 Å². The summed E-state index contributed by atoms with van der Waals surface area (Å²) in [6, 6.07) is 3.86. The zero-order valence-electron chi connectivity index (χ0n) is 13.5. The molecule has 122 valence electrons. The second kappa shape index (κ2) is 7.83. The summed E-state index contributed by atoms with van der Waals surface area (Å²) >= 11 is 5.91. The zero-order valence-corrected chi connectivity index (χ0v) is 14.2. The molecule has 0 N–H and O–H groups in total. The van der Waals surface area contributed by atoms with Gasteiger partial charge in [-0.25, -0.2) is 14.3 Å². The topological polar surface area (TPSA) is 49.7 Å². The van der Waals surface area contributed by atoms with Gasteiger partial charge in [-0.1, -0.05) is 29.8 Å². The SMILES string of the molecule is C=C(C)C(=NC=C(C)C)N(C(C)=O)C(=O)c1c(F)cccc1Cl. The normalized spacial score (nSPS) is 11.0. The molecule has 23 heavy (non-hydrogen) atoms. The number of hydrogen-bond donors (Lipinski definition) is 0. The van der Waals surface area contributed by atoms with Crippen molar-refractivity contribution in [3.8, 4) is 0 Å². The molecule has 0 aliphatic carbocycles. The van der Waals surface area contributed by atoms with Crippen molar-refractivity contribution < 1.29 is 14.0 Å². The van der Waals surface area contributed by atoms with Crippen LogP contribution in [0.3, 0.4) is 0 Å². The summed E-state index contributed by atoms with van der Waals surface area (Å²) in [5.74, 6) is -2.26. The Balaban J connectivity index is 3.49. The van der Waals surface area contributed by atoms with Gasteiger partial charge in [-0.15, -0.1) is 0 Å². The number of carbonyl (C=O) groups excluding carboxylic acids is 2. The van der Waals surface area contributed by atoms with Gasteiger partial charge in [0.2, 0.25) is 5.91 Å². The molecule has 0 unspecified atom stereocenters. The molecule has 0 aliphatic rings. The Morgan fingerprint density at radius 1 is 1.26 bits per heavy atom. The highest BCUT2D eigenvalue weighted by atomic mass is 35.5. The molecular formula is C17H18ClFN2O2. The molecule has 0 heterocycles. The molecule has 1 aromatic carbocycles. The molecule has 0 spiro atoms. The van der Waals surface area contributed by atoms with E-state index in [0.29, 0.717) is 5.57 Å². The molecule has 0 saturated carbocycles. The number of amidine groups is 1. The summed E-state index contributed by atoms with van der Waals surface area (Å²) in [6.07, 6.45) is 1.50. The third kappa shape index (κ3) is 4.60. The van der Waals surface area contributed by atoms with E-state index in [1.807, 2.05) is 13.8 Å². The van der Waals surface area contributed by atoms with E-state index in [1.165, 1.54) is 25.3 Å². The minimum absolute atomic E-state index is 0.0445. The maximum Gasteiger partial charge on any atom is 0.270 e. The molecule has 1 aromatic rings. The highest BCUT2D eigenvalue weighted by molar-refractivity contribution is 6.35. The van der Waals surface area contributed by atoms with Gasteiger partial charge in [-0.05, 0) is 38.5 Å². The van der Waals surface area contributed by atoms with E-state index in [0.717, 1.165) is 16.5 Å². The van der Waals surface area contributed by atoms with Crippen LogP contribution in [-0.4, -0.2) is 22.5 Å². The third-order valence-corrected chi connectivity index (χ3v) is 3.05. The van der Waals surface area contributed by atoms with Crippen LogP contribution >= 0.6 is 11.6 Å². The van der Waals surface area contributed by atoms with Crippen molar-refractivity contribution in [1.29, 1.82) is 0 Å². The summed E-state index contributed by atoms with van der Waals surface area (Å²) in [7, 11) is 0. The fourth-order valence-corrected chi connectivity index (χ4v) is 2.00. The zero-order chi connectivity index (χ0) is 17.7. The summed E-state index contributed by atoms with van der Waals surface area (Å²) in [6.45, 7) is 10.1. The Bertz CT molecular complexity index is 699. The predicted molar refractivity (Wildman–Crippen MR) is 89.9 cm³/mol. The van der Waals surface area contributed by atoms with Crippen molar-refractivity contribution in [3.63, 3.8) is 0 Å². The standard InChI is InChI=1S/C17H18ClFN2O2/c1-10(2)9-20-16(11(3)4)21(12(5)22)17(23)15-13(18)7-6-8-14(15)19/h6-9H,3H2,1-2,4-5H3. The van der Waals surface area contributed by atoms with E-state index in [9.17, 15) is 14.0 Å². The minimum Gasteiger partial charge on any atom is -0.274 e. The lowest BCUT2D eigenvalue weighted by molar-refractivity contribution is -0.123. The predicted octanol–water partition coefficient (Wildman–Crippen LogP) is 4.37. The van der Waals surface area contributed by atoms with E-state index in [-0.39, 0.29) is 16.4 Å². The molecule has 2 amide bonds.